The molecule has 3 N–H and O–H groups in total. The van der Waals surface area contributed by atoms with Gasteiger partial charge in [0.25, 0.3) is 0 Å². The van der Waals surface area contributed by atoms with Gasteiger partial charge in [-0.3, -0.25) is 0 Å². The molecular formula is C14H18ClNO2. The third-order valence-corrected chi connectivity index (χ3v) is 3.66. The fraction of sp³-hybridized carbons (Fsp3) is 0.429. The van der Waals surface area contributed by atoms with Crippen LogP contribution in [0.25, 0.3) is 11.0 Å². The molecule has 0 radical (unpaired) electrons. The van der Waals surface area contributed by atoms with Crippen LogP contribution in [-0.4, -0.2) is 11.7 Å². The van der Waals surface area contributed by atoms with Gasteiger partial charge in [0, 0.05) is 17.0 Å². The third-order valence-electron chi connectivity index (χ3n) is 3.42. The van der Waals surface area contributed by atoms with Crippen LogP contribution in [0.15, 0.2) is 28.7 Å². The Morgan fingerprint density at radius 3 is 2.50 bits per heavy atom. The number of aliphatic hydroxyl groups is 1. The van der Waals surface area contributed by atoms with Gasteiger partial charge in [-0.15, -0.1) is 0 Å². The lowest BCUT2D eigenvalue weighted by Gasteiger charge is -2.37. The first-order valence-electron chi connectivity index (χ1n) is 5.90. The number of hydrogen-bond donors (Lipinski definition) is 2. The summed E-state index contributed by atoms with van der Waals surface area (Å²) in [5.74, 6) is 0.481. The van der Waals surface area contributed by atoms with E-state index in [2.05, 4.69) is 0 Å². The van der Waals surface area contributed by atoms with Gasteiger partial charge in [-0.1, -0.05) is 32.4 Å². The van der Waals surface area contributed by atoms with E-state index in [0.29, 0.717) is 16.4 Å². The van der Waals surface area contributed by atoms with Crippen molar-refractivity contribution in [2.45, 2.75) is 26.4 Å². The average molecular weight is 268 g/mol. The van der Waals surface area contributed by atoms with E-state index in [1.165, 1.54) is 0 Å². The second-order valence-corrected chi connectivity index (χ2v) is 6.04. The zero-order chi connectivity index (χ0) is 13.6. The zero-order valence-electron chi connectivity index (χ0n) is 10.8. The highest BCUT2D eigenvalue weighted by Gasteiger charge is 2.43. The standard InChI is InChI=1S/C14H18ClNO2/c1-13(2,3)14(17,8-16)12-7-9-6-10(15)4-5-11(9)18-12/h4-7,17H,8,16H2,1-3H3. The normalized spacial score (nSPS) is 15.9. The van der Waals surface area contributed by atoms with Crippen LogP contribution in [0.4, 0.5) is 0 Å². The van der Waals surface area contributed by atoms with Crippen LogP contribution < -0.4 is 5.73 Å². The Bertz CT molecular complexity index is 571. The highest BCUT2D eigenvalue weighted by atomic mass is 35.5. The molecular weight excluding hydrogens is 250 g/mol. The molecule has 1 aromatic carbocycles. The quantitative estimate of drug-likeness (QED) is 0.878. The lowest BCUT2D eigenvalue weighted by atomic mass is 9.75. The number of fused-ring (bicyclic) bond motifs is 1. The minimum Gasteiger partial charge on any atom is -0.458 e. The molecule has 3 nitrogen and oxygen atoms in total. The van der Waals surface area contributed by atoms with Crippen molar-refractivity contribution >= 4 is 22.6 Å². The van der Waals surface area contributed by atoms with Crippen molar-refractivity contribution in [2.24, 2.45) is 11.1 Å². The summed E-state index contributed by atoms with van der Waals surface area (Å²) < 4.78 is 5.72. The van der Waals surface area contributed by atoms with E-state index in [0.717, 1.165) is 5.39 Å². The monoisotopic (exact) mass is 267 g/mol. The predicted molar refractivity (Wildman–Crippen MR) is 73.6 cm³/mol. The maximum Gasteiger partial charge on any atom is 0.139 e. The lowest BCUT2D eigenvalue weighted by molar-refractivity contribution is -0.0711. The van der Waals surface area contributed by atoms with Crippen molar-refractivity contribution in [3.8, 4) is 0 Å². The molecule has 1 aromatic heterocycles. The minimum atomic E-state index is -1.20. The maximum absolute atomic E-state index is 10.7. The van der Waals surface area contributed by atoms with Gasteiger partial charge in [-0.2, -0.15) is 0 Å². The van der Waals surface area contributed by atoms with E-state index in [9.17, 15) is 5.11 Å². The molecule has 98 valence electrons. The molecule has 0 aliphatic heterocycles. The van der Waals surface area contributed by atoms with Gasteiger partial charge in [-0.25, -0.2) is 0 Å². The molecule has 1 heterocycles. The fourth-order valence-electron chi connectivity index (χ4n) is 1.99. The van der Waals surface area contributed by atoms with Crippen LogP contribution >= 0.6 is 11.6 Å². The van der Waals surface area contributed by atoms with Crippen molar-refractivity contribution in [2.75, 3.05) is 6.54 Å². The smallest absolute Gasteiger partial charge is 0.139 e. The fourth-order valence-corrected chi connectivity index (χ4v) is 2.17. The minimum absolute atomic E-state index is 0.101. The summed E-state index contributed by atoms with van der Waals surface area (Å²) in [5, 5.41) is 12.3. The van der Waals surface area contributed by atoms with Crippen LogP contribution in [0.2, 0.25) is 5.02 Å². The van der Waals surface area contributed by atoms with E-state index >= 15 is 0 Å². The van der Waals surface area contributed by atoms with Crippen LogP contribution in [0.3, 0.4) is 0 Å². The number of rotatable bonds is 2. The Balaban J connectivity index is 2.59. The molecule has 2 rings (SSSR count). The van der Waals surface area contributed by atoms with Crippen molar-refractivity contribution < 1.29 is 9.52 Å². The van der Waals surface area contributed by atoms with Gasteiger partial charge in [-0.05, 0) is 29.7 Å². The molecule has 1 atom stereocenters. The Labute approximate surface area is 112 Å². The zero-order valence-corrected chi connectivity index (χ0v) is 11.6. The van der Waals surface area contributed by atoms with Gasteiger partial charge in [0.2, 0.25) is 0 Å². The first-order valence-corrected chi connectivity index (χ1v) is 6.28. The summed E-state index contributed by atoms with van der Waals surface area (Å²) in [6.07, 6.45) is 0. The summed E-state index contributed by atoms with van der Waals surface area (Å²) in [6.45, 7) is 5.89. The topological polar surface area (TPSA) is 59.4 Å². The third kappa shape index (κ3) is 2.03. The molecule has 18 heavy (non-hydrogen) atoms. The molecule has 0 bridgehead atoms. The molecule has 0 fully saturated rings. The van der Waals surface area contributed by atoms with E-state index in [1.54, 1.807) is 18.2 Å². The number of benzene rings is 1. The molecule has 4 heteroatoms. The van der Waals surface area contributed by atoms with Gasteiger partial charge < -0.3 is 15.3 Å². The molecule has 0 spiro atoms. The molecule has 0 aliphatic rings. The molecule has 2 aromatic rings. The van der Waals surface area contributed by atoms with Crippen molar-refractivity contribution in [3.05, 3.63) is 35.0 Å². The number of halogens is 1. The Kier molecular flexibility index (Phi) is 3.18. The number of nitrogens with two attached hydrogens (primary N) is 1. The average Bonchev–Trinajstić information content (AvgIpc) is 2.69. The lowest BCUT2D eigenvalue weighted by Crippen LogP contribution is -2.46. The number of furan rings is 1. The molecule has 0 saturated heterocycles. The molecule has 0 saturated carbocycles. The summed E-state index contributed by atoms with van der Waals surface area (Å²) in [4.78, 5) is 0. The van der Waals surface area contributed by atoms with Crippen LogP contribution in [-0.2, 0) is 5.60 Å². The van der Waals surface area contributed by atoms with Crippen molar-refractivity contribution in [1.82, 2.24) is 0 Å². The molecule has 1 unspecified atom stereocenters. The van der Waals surface area contributed by atoms with E-state index in [4.69, 9.17) is 21.8 Å². The van der Waals surface area contributed by atoms with Gasteiger partial charge >= 0.3 is 0 Å². The van der Waals surface area contributed by atoms with Gasteiger partial charge in [0.15, 0.2) is 0 Å². The Hall–Kier alpha value is -1.03. The van der Waals surface area contributed by atoms with Crippen LogP contribution in [0.5, 0.6) is 0 Å². The maximum atomic E-state index is 10.7. The van der Waals surface area contributed by atoms with Gasteiger partial charge in [0.1, 0.15) is 16.9 Å². The van der Waals surface area contributed by atoms with E-state index in [1.807, 2.05) is 26.8 Å². The molecule has 0 aliphatic carbocycles. The first kappa shape index (κ1) is 13.4. The second-order valence-electron chi connectivity index (χ2n) is 5.61. The second kappa shape index (κ2) is 4.26. The Morgan fingerprint density at radius 2 is 1.94 bits per heavy atom. The van der Waals surface area contributed by atoms with Crippen LogP contribution in [0.1, 0.15) is 26.5 Å². The summed E-state index contributed by atoms with van der Waals surface area (Å²) in [7, 11) is 0. The van der Waals surface area contributed by atoms with Crippen molar-refractivity contribution in [3.63, 3.8) is 0 Å². The van der Waals surface area contributed by atoms with Gasteiger partial charge in [0.05, 0.1) is 0 Å². The SMILES string of the molecule is CC(C)(C)C(O)(CN)c1cc2cc(Cl)ccc2o1. The highest BCUT2D eigenvalue weighted by Crippen LogP contribution is 2.40. The first-order chi connectivity index (χ1) is 8.28. The highest BCUT2D eigenvalue weighted by molar-refractivity contribution is 6.31. The number of hydrogen-bond acceptors (Lipinski definition) is 3. The summed E-state index contributed by atoms with van der Waals surface area (Å²) in [6, 6.07) is 7.17. The largest absolute Gasteiger partial charge is 0.458 e. The summed E-state index contributed by atoms with van der Waals surface area (Å²) in [5.41, 5.74) is 4.83. The Morgan fingerprint density at radius 1 is 1.28 bits per heavy atom. The molecule has 0 amide bonds. The summed E-state index contributed by atoms with van der Waals surface area (Å²) >= 11 is 5.94. The van der Waals surface area contributed by atoms with Crippen molar-refractivity contribution in [1.29, 1.82) is 0 Å². The van der Waals surface area contributed by atoms with E-state index < -0.39 is 11.0 Å². The van der Waals surface area contributed by atoms with Crippen LogP contribution in [0, 0.1) is 5.41 Å². The van der Waals surface area contributed by atoms with E-state index in [-0.39, 0.29) is 6.54 Å². The predicted octanol–water partition coefficient (Wildman–Crippen LogP) is 3.28.